The summed E-state index contributed by atoms with van der Waals surface area (Å²) in [4.78, 5) is 13.1. The Kier molecular flexibility index (Phi) is 3.37. The molecule has 22 heavy (non-hydrogen) atoms. The van der Waals surface area contributed by atoms with Gasteiger partial charge < -0.3 is 4.90 Å². The molecule has 114 valence electrons. The quantitative estimate of drug-likeness (QED) is 0.942. The summed E-state index contributed by atoms with van der Waals surface area (Å²) in [6.07, 6.45) is 0.248. The minimum Gasteiger partial charge on any atom is -0.315 e. The number of likely N-dealkylation sites (N-methyl/N-ethyl adjacent to an activating group) is 1. The molecule has 7 heteroatoms. The fourth-order valence-corrected chi connectivity index (χ4v) is 3.41. The summed E-state index contributed by atoms with van der Waals surface area (Å²) in [6, 6.07) is 9.50. The van der Waals surface area contributed by atoms with Crippen molar-refractivity contribution in [3.8, 4) is 0 Å². The van der Waals surface area contributed by atoms with Gasteiger partial charge in [0.05, 0.1) is 11.3 Å². The van der Waals surface area contributed by atoms with E-state index < -0.39 is 15.8 Å². The maximum atomic E-state index is 12.9. The van der Waals surface area contributed by atoms with Gasteiger partial charge in [-0.05, 0) is 48.0 Å². The molecule has 0 saturated carbocycles. The molecule has 0 unspecified atom stereocenters. The molecule has 0 spiro atoms. The van der Waals surface area contributed by atoms with E-state index in [4.69, 9.17) is 0 Å². The lowest BCUT2D eigenvalue weighted by Crippen LogP contribution is -2.20. The predicted octanol–water partition coefficient (Wildman–Crippen LogP) is 2.15. The van der Waals surface area contributed by atoms with Gasteiger partial charge in [-0.3, -0.25) is 9.52 Å². The fraction of sp³-hybridized carbons (Fsp3) is 0.133. The number of fused-ring (bicyclic) bond motifs is 1. The molecule has 0 radical (unpaired) electrons. The van der Waals surface area contributed by atoms with E-state index in [9.17, 15) is 17.6 Å². The van der Waals surface area contributed by atoms with Crippen molar-refractivity contribution < 1.29 is 17.6 Å². The largest absolute Gasteiger partial charge is 0.315 e. The molecule has 0 saturated heterocycles. The van der Waals surface area contributed by atoms with Crippen molar-refractivity contribution in [1.82, 2.24) is 0 Å². The van der Waals surface area contributed by atoms with E-state index in [1.54, 1.807) is 25.2 Å². The Morgan fingerprint density at radius 2 is 1.82 bits per heavy atom. The molecular weight excluding hydrogens is 307 g/mol. The predicted molar refractivity (Wildman–Crippen MR) is 80.8 cm³/mol. The van der Waals surface area contributed by atoms with Gasteiger partial charge in [0, 0.05) is 18.4 Å². The van der Waals surface area contributed by atoms with Gasteiger partial charge in [0.1, 0.15) is 5.82 Å². The first-order valence-corrected chi connectivity index (χ1v) is 8.03. The number of hydrogen-bond acceptors (Lipinski definition) is 3. The zero-order chi connectivity index (χ0) is 15.9. The second-order valence-corrected chi connectivity index (χ2v) is 6.71. The highest BCUT2D eigenvalue weighted by molar-refractivity contribution is 7.92. The Bertz CT molecular complexity index is 848. The molecule has 5 nitrogen and oxygen atoms in total. The van der Waals surface area contributed by atoms with Gasteiger partial charge in [0.25, 0.3) is 10.0 Å². The van der Waals surface area contributed by atoms with E-state index in [-0.39, 0.29) is 17.2 Å². The van der Waals surface area contributed by atoms with Crippen LogP contribution in [0.1, 0.15) is 5.56 Å². The number of nitrogens with one attached hydrogen (secondary N) is 1. The van der Waals surface area contributed by atoms with Crippen molar-refractivity contribution in [3.63, 3.8) is 0 Å². The SMILES string of the molecule is CN1C(=O)Cc2cc(NS(=O)(=O)c3ccc(F)cc3)ccc21. The van der Waals surface area contributed by atoms with Crippen LogP contribution in [0.3, 0.4) is 0 Å². The lowest BCUT2D eigenvalue weighted by Gasteiger charge is -2.12. The normalized spacial score (nSPS) is 14.1. The third-order valence-electron chi connectivity index (χ3n) is 3.53. The zero-order valence-electron chi connectivity index (χ0n) is 11.7. The topological polar surface area (TPSA) is 66.5 Å². The number of benzene rings is 2. The summed E-state index contributed by atoms with van der Waals surface area (Å²) < 4.78 is 39.8. The number of anilines is 2. The Labute approximate surface area is 127 Å². The molecule has 0 aromatic heterocycles. The Hall–Kier alpha value is -2.41. The first-order valence-electron chi connectivity index (χ1n) is 6.55. The summed E-state index contributed by atoms with van der Waals surface area (Å²) >= 11 is 0. The number of sulfonamides is 1. The molecule has 2 aromatic carbocycles. The van der Waals surface area contributed by atoms with Crippen LogP contribution in [0.5, 0.6) is 0 Å². The van der Waals surface area contributed by atoms with Gasteiger partial charge in [-0.2, -0.15) is 0 Å². The van der Waals surface area contributed by atoms with E-state index in [0.717, 1.165) is 23.4 Å². The van der Waals surface area contributed by atoms with E-state index in [1.165, 1.54) is 17.0 Å². The van der Waals surface area contributed by atoms with Crippen molar-refractivity contribution in [3.05, 3.63) is 53.8 Å². The molecule has 0 fully saturated rings. The summed E-state index contributed by atoms with van der Waals surface area (Å²) in [5.74, 6) is -0.536. The summed E-state index contributed by atoms with van der Waals surface area (Å²) in [5, 5.41) is 0. The van der Waals surface area contributed by atoms with Crippen LogP contribution in [0.25, 0.3) is 0 Å². The number of nitrogens with zero attached hydrogens (tertiary/aromatic N) is 1. The highest BCUT2D eigenvalue weighted by atomic mass is 32.2. The van der Waals surface area contributed by atoms with Crippen LogP contribution in [0, 0.1) is 5.82 Å². The van der Waals surface area contributed by atoms with Gasteiger partial charge in [-0.25, -0.2) is 12.8 Å². The first kappa shape index (κ1) is 14.5. The Morgan fingerprint density at radius 1 is 1.14 bits per heavy atom. The summed E-state index contributed by atoms with van der Waals surface area (Å²) in [7, 11) is -2.11. The van der Waals surface area contributed by atoms with Gasteiger partial charge in [-0.1, -0.05) is 0 Å². The third-order valence-corrected chi connectivity index (χ3v) is 4.93. The lowest BCUT2D eigenvalue weighted by molar-refractivity contribution is -0.117. The molecule has 3 rings (SSSR count). The molecule has 1 amide bonds. The average Bonchev–Trinajstić information content (AvgIpc) is 2.73. The smallest absolute Gasteiger partial charge is 0.261 e. The van der Waals surface area contributed by atoms with Crippen LogP contribution >= 0.6 is 0 Å². The maximum absolute atomic E-state index is 12.9. The maximum Gasteiger partial charge on any atom is 0.261 e. The van der Waals surface area contributed by atoms with Crippen LogP contribution < -0.4 is 9.62 Å². The van der Waals surface area contributed by atoms with Gasteiger partial charge >= 0.3 is 0 Å². The standard InChI is InChI=1S/C15H13FN2O3S/c1-18-14-7-4-12(8-10(14)9-15(18)19)17-22(20,21)13-5-2-11(16)3-6-13/h2-8,17H,9H2,1H3. The Balaban J connectivity index is 1.89. The van der Waals surface area contributed by atoms with E-state index in [0.29, 0.717) is 5.69 Å². The molecule has 1 N–H and O–H groups in total. The van der Waals surface area contributed by atoms with Crippen LogP contribution in [0.4, 0.5) is 15.8 Å². The second-order valence-electron chi connectivity index (χ2n) is 5.03. The van der Waals surface area contributed by atoms with Crippen molar-refractivity contribution in [2.75, 3.05) is 16.7 Å². The van der Waals surface area contributed by atoms with E-state index in [2.05, 4.69) is 4.72 Å². The highest BCUT2D eigenvalue weighted by Crippen LogP contribution is 2.30. The molecule has 1 aliphatic rings. The van der Waals surface area contributed by atoms with Crippen LogP contribution in [0.15, 0.2) is 47.4 Å². The van der Waals surface area contributed by atoms with Crippen LogP contribution in [-0.4, -0.2) is 21.4 Å². The van der Waals surface area contributed by atoms with Gasteiger partial charge in [0.15, 0.2) is 0 Å². The molecule has 2 aromatic rings. The highest BCUT2D eigenvalue weighted by Gasteiger charge is 2.24. The summed E-state index contributed by atoms with van der Waals surface area (Å²) in [5.41, 5.74) is 1.91. The van der Waals surface area contributed by atoms with Gasteiger partial charge in [-0.15, -0.1) is 0 Å². The summed E-state index contributed by atoms with van der Waals surface area (Å²) in [6.45, 7) is 0. The average molecular weight is 320 g/mol. The van der Waals surface area contributed by atoms with Crippen molar-refractivity contribution in [2.24, 2.45) is 0 Å². The second kappa shape index (κ2) is 5.10. The molecule has 1 heterocycles. The number of hydrogen-bond donors (Lipinski definition) is 1. The van der Waals surface area contributed by atoms with E-state index >= 15 is 0 Å². The fourth-order valence-electron chi connectivity index (χ4n) is 2.36. The molecule has 1 aliphatic heterocycles. The number of halogens is 1. The van der Waals surface area contributed by atoms with Gasteiger partial charge in [0.2, 0.25) is 5.91 Å². The number of amides is 1. The monoisotopic (exact) mass is 320 g/mol. The molecule has 0 bridgehead atoms. The molecular formula is C15H13FN2O3S. The number of carbonyl (C=O) groups is 1. The van der Waals surface area contributed by atoms with E-state index in [1.807, 2.05) is 0 Å². The Morgan fingerprint density at radius 3 is 2.50 bits per heavy atom. The molecule has 0 aliphatic carbocycles. The van der Waals surface area contributed by atoms with Crippen LogP contribution in [0.2, 0.25) is 0 Å². The van der Waals surface area contributed by atoms with Crippen LogP contribution in [-0.2, 0) is 21.2 Å². The number of rotatable bonds is 3. The van der Waals surface area contributed by atoms with Crippen molar-refractivity contribution >= 4 is 27.3 Å². The van der Waals surface area contributed by atoms with Crippen molar-refractivity contribution in [2.45, 2.75) is 11.3 Å². The first-order chi connectivity index (χ1) is 10.4. The zero-order valence-corrected chi connectivity index (χ0v) is 12.5. The van der Waals surface area contributed by atoms with Crippen molar-refractivity contribution in [1.29, 1.82) is 0 Å². The third kappa shape index (κ3) is 2.55. The number of carbonyl (C=O) groups excluding carboxylic acids is 1. The minimum atomic E-state index is -3.79. The minimum absolute atomic E-state index is 0.0254. The lowest BCUT2D eigenvalue weighted by atomic mass is 10.1. The molecule has 0 atom stereocenters.